The quantitative estimate of drug-likeness (QED) is 0.407. The molecule has 2 aliphatic heterocycles. The van der Waals surface area contributed by atoms with Crippen LogP contribution in [0.5, 0.6) is 5.75 Å². The fourth-order valence-electron chi connectivity index (χ4n) is 5.99. The molecule has 43 heavy (non-hydrogen) atoms. The van der Waals surface area contributed by atoms with Crippen molar-refractivity contribution in [2.75, 3.05) is 51.8 Å². The van der Waals surface area contributed by atoms with Gasteiger partial charge in [0.1, 0.15) is 17.6 Å². The Morgan fingerprint density at radius 3 is 2.47 bits per heavy atom. The van der Waals surface area contributed by atoms with Gasteiger partial charge in [-0.05, 0) is 54.3 Å². The first-order valence-electron chi connectivity index (χ1n) is 14.0. The lowest BCUT2D eigenvalue weighted by Crippen LogP contribution is -2.47. The van der Waals surface area contributed by atoms with Crippen molar-refractivity contribution in [2.24, 2.45) is 5.92 Å². The molecule has 0 spiro atoms. The molecule has 0 bridgehead atoms. The van der Waals surface area contributed by atoms with Crippen molar-refractivity contribution in [3.05, 3.63) is 82.3 Å². The second kappa shape index (κ2) is 13.3. The van der Waals surface area contributed by atoms with Gasteiger partial charge in [0.15, 0.2) is 11.5 Å². The number of carbonyl (C=O) groups excluding carboxylic acids is 2. The number of amides is 2. The maximum atomic E-state index is 15.4. The van der Waals surface area contributed by atoms with E-state index in [4.69, 9.17) is 26.3 Å². The first-order chi connectivity index (χ1) is 20.8. The maximum absolute atomic E-state index is 15.4. The average Bonchev–Trinajstić information content (AvgIpc) is 3.46. The molecule has 12 heteroatoms. The van der Waals surface area contributed by atoms with Crippen LogP contribution in [0.25, 0.3) is 0 Å². The predicted molar refractivity (Wildman–Crippen MR) is 157 cm³/mol. The number of hydrogen-bond donors (Lipinski definition) is 0. The van der Waals surface area contributed by atoms with Crippen LogP contribution >= 0.6 is 11.6 Å². The molecular formula is C31H32ClFN6O4. The van der Waals surface area contributed by atoms with Crippen LogP contribution in [-0.2, 0) is 9.53 Å². The summed E-state index contributed by atoms with van der Waals surface area (Å²) in [7, 11) is 2.81. The molecule has 1 aromatic heterocycles. The van der Waals surface area contributed by atoms with E-state index in [2.05, 4.69) is 10.2 Å². The minimum absolute atomic E-state index is 0.126. The summed E-state index contributed by atoms with van der Waals surface area (Å²) in [5.74, 6) is -0.745. The lowest BCUT2D eigenvalue weighted by molar-refractivity contribution is -0.136. The molecule has 0 saturated carbocycles. The number of carbonyl (C=O) groups is 2. The third-order valence-electron chi connectivity index (χ3n) is 8.20. The second-order valence-corrected chi connectivity index (χ2v) is 11.0. The largest absolute Gasteiger partial charge is 0.497 e. The third-order valence-corrected chi connectivity index (χ3v) is 8.45. The van der Waals surface area contributed by atoms with E-state index in [1.807, 2.05) is 23.1 Å². The molecule has 0 N–H and O–H groups in total. The van der Waals surface area contributed by atoms with E-state index in [9.17, 15) is 9.59 Å². The molecule has 2 saturated heterocycles. The van der Waals surface area contributed by atoms with Gasteiger partial charge in [0.2, 0.25) is 5.91 Å². The van der Waals surface area contributed by atoms with Crippen molar-refractivity contribution >= 4 is 29.4 Å². The number of methoxy groups -OCH3 is 2. The van der Waals surface area contributed by atoms with Crippen molar-refractivity contribution in [1.82, 2.24) is 20.0 Å². The summed E-state index contributed by atoms with van der Waals surface area (Å²) in [6.45, 7) is 1.68. The number of nitriles is 1. The van der Waals surface area contributed by atoms with Crippen LogP contribution in [0.15, 0.2) is 54.6 Å². The van der Waals surface area contributed by atoms with Crippen molar-refractivity contribution in [2.45, 2.75) is 24.8 Å². The lowest BCUT2D eigenvalue weighted by Gasteiger charge is -2.37. The van der Waals surface area contributed by atoms with Crippen molar-refractivity contribution in [1.29, 1.82) is 5.26 Å². The molecule has 10 nitrogen and oxygen atoms in total. The Labute approximate surface area is 254 Å². The second-order valence-electron chi connectivity index (χ2n) is 10.6. The minimum atomic E-state index is -0.585. The normalized spacial score (nSPS) is 20.6. The van der Waals surface area contributed by atoms with Gasteiger partial charge in [-0.1, -0.05) is 29.8 Å². The highest BCUT2D eigenvalue weighted by Gasteiger charge is 2.42. The van der Waals surface area contributed by atoms with E-state index in [0.717, 1.165) is 5.56 Å². The molecule has 5 rings (SSSR count). The van der Waals surface area contributed by atoms with Gasteiger partial charge in [-0.3, -0.25) is 9.69 Å². The van der Waals surface area contributed by atoms with Gasteiger partial charge in [0, 0.05) is 49.7 Å². The number of halogens is 2. The molecule has 3 aromatic rings. The van der Waals surface area contributed by atoms with Crippen molar-refractivity contribution in [3.8, 4) is 11.8 Å². The summed E-state index contributed by atoms with van der Waals surface area (Å²) in [4.78, 5) is 32.4. The minimum Gasteiger partial charge on any atom is -0.497 e. The van der Waals surface area contributed by atoms with Crippen LogP contribution in [0, 0.1) is 23.1 Å². The Kier molecular flexibility index (Phi) is 9.26. The zero-order valence-electron chi connectivity index (χ0n) is 24.0. The molecule has 0 aliphatic carbocycles. The highest BCUT2D eigenvalue weighted by Crippen LogP contribution is 2.38. The third kappa shape index (κ3) is 6.49. The van der Waals surface area contributed by atoms with E-state index >= 15 is 4.39 Å². The van der Waals surface area contributed by atoms with Gasteiger partial charge in [0.05, 0.1) is 26.2 Å². The van der Waals surface area contributed by atoms with Gasteiger partial charge < -0.3 is 19.3 Å². The van der Waals surface area contributed by atoms with Gasteiger partial charge in [0.25, 0.3) is 0 Å². The van der Waals surface area contributed by atoms with Gasteiger partial charge in [-0.15, -0.1) is 10.2 Å². The molecule has 3 atom stereocenters. The SMILES string of the molecule is COC(=O)N1CCN(C(=O)[C@@H]2CN(c3ccc(C#N)nn3)C[C@@H]2c2ccc(OC)cc2F)CCCC1c1ccc(Cl)cc1. The summed E-state index contributed by atoms with van der Waals surface area (Å²) in [6, 6.07) is 17.0. The predicted octanol–water partition coefficient (Wildman–Crippen LogP) is 4.80. The van der Waals surface area contributed by atoms with Crippen LogP contribution in [0.4, 0.5) is 15.0 Å². The molecule has 2 aromatic carbocycles. The van der Waals surface area contributed by atoms with Crippen LogP contribution in [0.2, 0.25) is 5.02 Å². The maximum Gasteiger partial charge on any atom is 0.410 e. The molecular weight excluding hydrogens is 575 g/mol. The fourth-order valence-corrected chi connectivity index (χ4v) is 6.12. The monoisotopic (exact) mass is 606 g/mol. The summed E-state index contributed by atoms with van der Waals surface area (Å²) in [6.07, 6.45) is 0.791. The Hall–Kier alpha value is -4.43. The Morgan fingerprint density at radius 1 is 1.02 bits per heavy atom. The molecule has 0 radical (unpaired) electrons. The van der Waals surface area contributed by atoms with Crippen molar-refractivity contribution in [3.63, 3.8) is 0 Å². The number of anilines is 1. The van der Waals surface area contributed by atoms with E-state index < -0.39 is 23.7 Å². The van der Waals surface area contributed by atoms with Crippen LogP contribution in [0.1, 0.15) is 41.6 Å². The van der Waals surface area contributed by atoms with E-state index in [0.29, 0.717) is 61.2 Å². The molecule has 1 unspecified atom stereocenters. The van der Waals surface area contributed by atoms with Crippen LogP contribution in [-0.4, -0.2) is 78.9 Å². The summed E-state index contributed by atoms with van der Waals surface area (Å²) >= 11 is 6.09. The highest BCUT2D eigenvalue weighted by atomic mass is 35.5. The number of nitrogens with zero attached hydrogens (tertiary/aromatic N) is 6. The number of aromatic nitrogens is 2. The Bertz CT molecular complexity index is 1500. The van der Waals surface area contributed by atoms with Crippen molar-refractivity contribution < 1.29 is 23.5 Å². The highest BCUT2D eigenvalue weighted by molar-refractivity contribution is 6.30. The first-order valence-corrected chi connectivity index (χ1v) is 14.4. The molecule has 2 aliphatic rings. The lowest BCUT2D eigenvalue weighted by atomic mass is 9.87. The fraction of sp³-hybridized carbons (Fsp3) is 0.387. The van der Waals surface area contributed by atoms with Gasteiger partial charge in [-0.2, -0.15) is 5.26 Å². The van der Waals surface area contributed by atoms with E-state index in [1.165, 1.54) is 20.3 Å². The van der Waals surface area contributed by atoms with Crippen LogP contribution in [0.3, 0.4) is 0 Å². The average molecular weight is 607 g/mol. The first kappa shape index (κ1) is 30.0. The number of hydrogen-bond acceptors (Lipinski definition) is 8. The Balaban J connectivity index is 1.40. The summed E-state index contributed by atoms with van der Waals surface area (Å²) < 4.78 is 25.7. The molecule has 2 amide bonds. The van der Waals surface area contributed by atoms with Gasteiger partial charge >= 0.3 is 6.09 Å². The standard InChI is InChI=1S/C31H32ClFN6O4/c1-42-23-10-11-24(27(33)16-23)25-18-38(29-12-9-22(17-34)35-36-29)19-26(25)30(40)37-13-3-4-28(20-5-7-21(32)8-6-20)39(15-14-37)31(41)43-2/h5-12,16,25-26,28H,3-4,13-15,18-19H2,1-2H3/t25-,26-,28?/m1/s1. The smallest absolute Gasteiger partial charge is 0.410 e. The number of rotatable bonds is 5. The number of ether oxygens (including phenoxy) is 2. The zero-order chi connectivity index (χ0) is 30.5. The van der Waals surface area contributed by atoms with Crippen LogP contribution < -0.4 is 9.64 Å². The molecule has 224 valence electrons. The zero-order valence-corrected chi connectivity index (χ0v) is 24.7. The van der Waals surface area contributed by atoms with E-state index in [1.54, 1.807) is 46.2 Å². The summed E-state index contributed by atoms with van der Waals surface area (Å²) in [5, 5.41) is 17.8. The van der Waals surface area contributed by atoms with E-state index in [-0.39, 0.29) is 24.2 Å². The van der Waals surface area contributed by atoms with Gasteiger partial charge in [-0.25, -0.2) is 9.18 Å². The Morgan fingerprint density at radius 2 is 1.81 bits per heavy atom. The number of benzene rings is 2. The molecule has 2 fully saturated rings. The topological polar surface area (TPSA) is 112 Å². The summed E-state index contributed by atoms with van der Waals surface area (Å²) in [5.41, 5.74) is 1.54. The molecule has 3 heterocycles.